The summed E-state index contributed by atoms with van der Waals surface area (Å²) < 4.78 is 6.22. The molecule has 0 saturated heterocycles. The molecule has 0 aliphatic rings. The molecular weight excluding hydrogens is 446 g/mol. The Morgan fingerprint density at radius 3 is 2.61 bits per heavy atom. The normalized spacial score (nSPS) is 11.1. The molecule has 0 aliphatic heterocycles. The minimum absolute atomic E-state index is 0.0383. The number of nitrogens with one attached hydrogen (secondary N) is 2. The molecule has 2 rings (SSSR count). The first-order valence-corrected chi connectivity index (χ1v) is 9.68. The minimum atomic E-state index is -0.419. The summed E-state index contributed by atoms with van der Waals surface area (Å²) in [5.41, 5.74) is 5.47. The molecule has 0 saturated carbocycles. The average molecular weight is 467 g/mol. The lowest BCUT2D eigenvalue weighted by Gasteiger charge is -2.09. The van der Waals surface area contributed by atoms with E-state index < -0.39 is 5.91 Å². The molecular formula is C20H21BrClN3O3. The highest BCUT2D eigenvalue weighted by atomic mass is 79.9. The van der Waals surface area contributed by atoms with E-state index in [1.165, 1.54) is 0 Å². The van der Waals surface area contributed by atoms with Crippen molar-refractivity contribution in [1.29, 1.82) is 0 Å². The predicted molar refractivity (Wildman–Crippen MR) is 115 cm³/mol. The van der Waals surface area contributed by atoms with Crippen LogP contribution in [-0.2, 0) is 9.59 Å². The first-order valence-electron chi connectivity index (χ1n) is 8.51. The molecule has 0 fully saturated rings. The third-order valence-electron chi connectivity index (χ3n) is 3.71. The molecule has 2 amide bonds. The molecule has 2 aromatic rings. The second kappa shape index (κ2) is 10.2. The summed E-state index contributed by atoms with van der Waals surface area (Å²) in [4.78, 5) is 24.0. The van der Waals surface area contributed by atoms with E-state index in [2.05, 4.69) is 31.8 Å². The molecule has 0 unspecified atom stereocenters. The molecule has 0 aromatic heterocycles. The summed E-state index contributed by atoms with van der Waals surface area (Å²) in [5, 5.41) is 7.25. The molecule has 148 valence electrons. The Kier molecular flexibility index (Phi) is 8.02. The lowest BCUT2D eigenvalue weighted by Crippen LogP contribution is -2.26. The first-order chi connectivity index (χ1) is 13.2. The highest BCUT2D eigenvalue weighted by Gasteiger charge is 2.09. The molecule has 0 bridgehead atoms. The lowest BCUT2D eigenvalue weighted by molar-refractivity contribution is -0.123. The highest BCUT2D eigenvalue weighted by Crippen LogP contribution is 2.25. The average Bonchev–Trinajstić information content (AvgIpc) is 2.62. The van der Waals surface area contributed by atoms with E-state index in [-0.39, 0.29) is 18.9 Å². The van der Waals surface area contributed by atoms with Gasteiger partial charge in [0, 0.05) is 16.4 Å². The highest BCUT2D eigenvalue weighted by molar-refractivity contribution is 9.10. The summed E-state index contributed by atoms with van der Waals surface area (Å²) in [6.45, 7) is 5.30. The first kappa shape index (κ1) is 21.9. The van der Waals surface area contributed by atoms with E-state index in [4.69, 9.17) is 16.3 Å². The molecule has 0 atom stereocenters. The van der Waals surface area contributed by atoms with Gasteiger partial charge >= 0.3 is 0 Å². The summed E-state index contributed by atoms with van der Waals surface area (Å²) in [6, 6.07) is 10.8. The number of hydrazone groups is 1. The molecule has 6 nitrogen and oxygen atoms in total. The predicted octanol–water partition coefficient (Wildman–Crippen LogP) is 4.62. The van der Waals surface area contributed by atoms with Gasteiger partial charge in [0.05, 0.1) is 10.9 Å². The van der Waals surface area contributed by atoms with E-state index in [0.717, 1.165) is 15.6 Å². The number of benzene rings is 2. The molecule has 0 radical (unpaired) electrons. The van der Waals surface area contributed by atoms with Crippen molar-refractivity contribution in [2.24, 2.45) is 5.10 Å². The van der Waals surface area contributed by atoms with Crippen LogP contribution < -0.4 is 15.5 Å². The number of anilines is 1. The molecule has 2 aromatic carbocycles. The van der Waals surface area contributed by atoms with Crippen LogP contribution in [0.15, 0.2) is 46.0 Å². The molecule has 0 aliphatic carbocycles. The number of hydrogen-bond donors (Lipinski definition) is 2. The number of ether oxygens (including phenoxy) is 1. The number of hydrogen-bond acceptors (Lipinski definition) is 4. The van der Waals surface area contributed by atoms with Crippen LogP contribution in [0.1, 0.15) is 24.5 Å². The van der Waals surface area contributed by atoms with E-state index in [1.54, 1.807) is 25.1 Å². The zero-order valence-electron chi connectivity index (χ0n) is 15.8. The van der Waals surface area contributed by atoms with Gasteiger partial charge in [-0.3, -0.25) is 9.59 Å². The summed E-state index contributed by atoms with van der Waals surface area (Å²) in [5.74, 6) is -0.101. The van der Waals surface area contributed by atoms with Crippen LogP contribution >= 0.6 is 27.5 Å². The molecule has 28 heavy (non-hydrogen) atoms. The van der Waals surface area contributed by atoms with Crippen LogP contribution in [0.5, 0.6) is 5.75 Å². The van der Waals surface area contributed by atoms with Crippen LogP contribution in [0.2, 0.25) is 5.02 Å². The number of aryl methyl sites for hydroxylation is 2. The largest absolute Gasteiger partial charge is 0.483 e. The fraction of sp³-hybridized carbons (Fsp3) is 0.250. The van der Waals surface area contributed by atoms with Crippen LogP contribution in [0.4, 0.5) is 5.69 Å². The summed E-state index contributed by atoms with van der Waals surface area (Å²) in [7, 11) is 0. The van der Waals surface area contributed by atoms with Gasteiger partial charge in [0.25, 0.3) is 5.91 Å². The third kappa shape index (κ3) is 6.98. The maximum atomic E-state index is 12.1. The Morgan fingerprint density at radius 2 is 1.89 bits per heavy atom. The van der Waals surface area contributed by atoms with Crippen molar-refractivity contribution in [3.8, 4) is 5.75 Å². The van der Waals surface area contributed by atoms with Crippen molar-refractivity contribution < 1.29 is 14.3 Å². The number of carbonyl (C=O) groups excluding carboxylic acids is 2. The van der Waals surface area contributed by atoms with Crippen molar-refractivity contribution in [3.05, 3.63) is 57.0 Å². The van der Waals surface area contributed by atoms with E-state index in [0.29, 0.717) is 22.2 Å². The Morgan fingerprint density at radius 1 is 1.14 bits per heavy atom. The summed E-state index contributed by atoms with van der Waals surface area (Å²) in [6.07, 6.45) is 0.0383. The van der Waals surface area contributed by atoms with Gasteiger partial charge in [-0.05, 0) is 72.1 Å². The van der Waals surface area contributed by atoms with Crippen molar-refractivity contribution >= 4 is 50.7 Å². The second-order valence-corrected chi connectivity index (χ2v) is 7.58. The molecule has 0 heterocycles. The van der Waals surface area contributed by atoms with Gasteiger partial charge in [-0.25, -0.2) is 5.43 Å². The van der Waals surface area contributed by atoms with Crippen molar-refractivity contribution in [2.45, 2.75) is 27.2 Å². The second-order valence-electron chi connectivity index (χ2n) is 6.29. The third-order valence-corrected chi connectivity index (χ3v) is 4.56. The van der Waals surface area contributed by atoms with Crippen molar-refractivity contribution in [1.82, 2.24) is 5.43 Å². The topological polar surface area (TPSA) is 79.8 Å². The fourth-order valence-electron chi connectivity index (χ4n) is 2.25. The van der Waals surface area contributed by atoms with Gasteiger partial charge in [-0.2, -0.15) is 5.10 Å². The van der Waals surface area contributed by atoms with Crippen LogP contribution in [-0.4, -0.2) is 24.1 Å². The summed E-state index contributed by atoms with van der Waals surface area (Å²) >= 11 is 9.33. The SMILES string of the molecule is C/C(CC(=O)Nc1cc(Cl)ccc1C)=N/NC(=O)COc1ccc(C)cc1Br. The molecule has 0 spiro atoms. The van der Waals surface area contributed by atoms with Crippen molar-refractivity contribution in [2.75, 3.05) is 11.9 Å². The quantitative estimate of drug-likeness (QED) is 0.461. The molecule has 8 heteroatoms. The van der Waals surface area contributed by atoms with E-state index in [9.17, 15) is 9.59 Å². The van der Waals surface area contributed by atoms with Crippen LogP contribution in [0, 0.1) is 13.8 Å². The Bertz CT molecular complexity index is 916. The van der Waals surface area contributed by atoms with Crippen molar-refractivity contribution in [3.63, 3.8) is 0 Å². The number of halogens is 2. The van der Waals surface area contributed by atoms with Crippen LogP contribution in [0.25, 0.3) is 0 Å². The minimum Gasteiger partial charge on any atom is -0.483 e. The molecule has 2 N–H and O–H groups in total. The van der Waals surface area contributed by atoms with Gasteiger partial charge in [0.2, 0.25) is 5.91 Å². The lowest BCUT2D eigenvalue weighted by atomic mass is 10.2. The van der Waals surface area contributed by atoms with Gasteiger partial charge in [-0.1, -0.05) is 23.7 Å². The Hall–Kier alpha value is -2.38. The van der Waals surface area contributed by atoms with E-state index in [1.807, 2.05) is 32.0 Å². The smallest absolute Gasteiger partial charge is 0.277 e. The Balaban J connectivity index is 1.81. The number of nitrogens with zero attached hydrogens (tertiary/aromatic N) is 1. The van der Waals surface area contributed by atoms with E-state index >= 15 is 0 Å². The Labute approximate surface area is 177 Å². The van der Waals surface area contributed by atoms with Gasteiger partial charge in [0.15, 0.2) is 6.61 Å². The maximum absolute atomic E-state index is 12.1. The number of rotatable bonds is 7. The van der Waals surface area contributed by atoms with Gasteiger partial charge in [0.1, 0.15) is 5.75 Å². The monoisotopic (exact) mass is 465 g/mol. The number of amides is 2. The maximum Gasteiger partial charge on any atom is 0.277 e. The van der Waals surface area contributed by atoms with Crippen LogP contribution in [0.3, 0.4) is 0 Å². The van der Waals surface area contributed by atoms with Gasteiger partial charge < -0.3 is 10.1 Å². The van der Waals surface area contributed by atoms with Gasteiger partial charge in [-0.15, -0.1) is 0 Å². The number of carbonyl (C=O) groups is 2. The fourth-order valence-corrected chi connectivity index (χ4v) is 3.03. The zero-order valence-corrected chi connectivity index (χ0v) is 18.1. The standard InChI is InChI=1S/C20H21BrClN3O3/c1-12-4-7-18(16(21)8-12)28-11-20(27)25-24-14(3)9-19(26)23-17-10-15(22)6-5-13(17)2/h4-8,10H,9,11H2,1-3H3,(H,23,26)(H,25,27)/b24-14-. The zero-order chi connectivity index (χ0) is 20.7.